The molecular formula is C10H8O6. The first kappa shape index (κ1) is 11.9. The van der Waals surface area contributed by atoms with Crippen LogP contribution in [0, 0.1) is 0 Å². The lowest BCUT2D eigenvalue weighted by atomic mass is 10.1. The predicted octanol–water partition coefficient (Wildman–Crippen LogP) is 0.0605. The Labute approximate surface area is 90.1 Å². The maximum atomic E-state index is 11.3. The molecule has 0 fully saturated rings. The van der Waals surface area contributed by atoms with Gasteiger partial charge in [0.2, 0.25) is 0 Å². The second kappa shape index (κ2) is 5.04. The topological polar surface area (TPSA) is 101 Å². The number of hydrogen-bond acceptors (Lipinski definition) is 5. The molecule has 0 aromatic heterocycles. The third-order valence-corrected chi connectivity index (χ3v) is 1.71. The number of carboxylic acid groups (broad SMARTS) is 1. The molecule has 6 heteroatoms. The van der Waals surface area contributed by atoms with E-state index in [1.54, 1.807) is 0 Å². The normalized spacial score (nSPS) is 9.56. The van der Waals surface area contributed by atoms with Gasteiger partial charge in [0.15, 0.2) is 0 Å². The molecule has 0 aliphatic carbocycles. The van der Waals surface area contributed by atoms with Crippen LogP contribution in [0.4, 0.5) is 0 Å². The second-order valence-corrected chi connectivity index (χ2v) is 2.77. The summed E-state index contributed by atoms with van der Waals surface area (Å²) in [6, 6.07) is 5.30. The summed E-state index contributed by atoms with van der Waals surface area (Å²) in [7, 11) is 0. The molecule has 16 heavy (non-hydrogen) atoms. The van der Waals surface area contributed by atoms with Gasteiger partial charge in [-0.25, -0.2) is 14.4 Å². The third-order valence-electron chi connectivity index (χ3n) is 1.71. The van der Waals surface area contributed by atoms with E-state index in [9.17, 15) is 14.4 Å². The van der Waals surface area contributed by atoms with Gasteiger partial charge in [0.25, 0.3) is 0 Å². The smallest absolute Gasteiger partial charge is 0.346 e. The van der Waals surface area contributed by atoms with E-state index in [4.69, 9.17) is 10.2 Å². The Morgan fingerprint density at radius 1 is 1.12 bits per heavy atom. The Balaban J connectivity index is 2.99. The van der Waals surface area contributed by atoms with Crippen LogP contribution in [0.3, 0.4) is 0 Å². The molecular weight excluding hydrogens is 216 g/mol. The van der Waals surface area contributed by atoms with Crippen molar-refractivity contribution in [1.82, 2.24) is 0 Å². The fraction of sp³-hybridized carbons (Fsp3) is 0.100. The molecule has 0 bridgehead atoms. The number of hydrogen-bond donors (Lipinski definition) is 2. The monoisotopic (exact) mass is 224 g/mol. The third kappa shape index (κ3) is 2.64. The molecule has 0 heterocycles. The lowest BCUT2D eigenvalue weighted by Gasteiger charge is -2.04. The molecule has 1 aromatic rings. The summed E-state index contributed by atoms with van der Waals surface area (Å²) in [5.41, 5.74) is -0.505. The molecule has 0 aliphatic rings. The van der Waals surface area contributed by atoms with Crippen LogP contribution in [0.5, 0.6) is 0 Å². The molecule has 6 nitrogen and oxygen atoms in total. The SMILES string of the molecule is O=C(CO)OC(=O)c1ccccc1C(=O)O. The van der Waals surface area contributed by atoms with Crippen molar-refractivity contribution in [1.29, 1.82) is 0 Å². The van der Waals surface area contributed by atoms with Crippen LogP contribution >= 0.6 is 0 Å². The minimum absolute atomic E-state index is 0.239. The molecule has 0 saturated heterocycles. The van der Waals surface area contributed by atoms with Crippen LogP contribution in [0.1, 0.15) is 20.7 Å². The van der Waals surface area contributed by atoms with Crippen LogP contribution in [0.2, 0.25) is 0 Å². The average molecular weight is 224 g/mol. The van der Waals surface area contributed by atoms with Gasteiger partial charge in [-0.15, -0.1) is 0 Å². The van der Waals surface area contributed by atoms with Gasteiger partial charge in [-0.2, -0.15) is 0 Å². The Morgan fingerprint density at radius 2 is 1.69 bits per heavy atom. The van der Waals surface area contributed by atoms with Crippen LogP contribution in [0.25, 0.3) is 0 Å². The van der Waals surface area contributed by atoms with Crippen molar-refractivity contribution in [3.05, 3.63) is 35.4 Å². The maximum Gasteiger partial charge on any atom is 0.346 e. The first-order valence-electron chi connectivity index (χ1n) is 4.24. The van der Waals surface area contributed by atoms with E-state index in [2.05, 4.69) is 4.74 Å². The molecule has 0 spiro atoms. The van der Waals surface area contributed by atoms with Crippen molar-refractivity contribution in [3.8, 4) is 0 Å². The van der Waals surface area contributed by atoms with Gasteiger partial charge >= 0.3 is 17.9 Å². The van der Waals surface area contributed by atoms with Crippen molar-refractivity contribution in [2.45, 2.75) is 0 Å². The minimum Gasteiger partial charge on any atom is -0.478 e. The van der Waals surface area contributed by atoms with E-state index in [1.165, 1.54) is 24.3 Å². The number of carbonyl (C=O) groups excluding carboxylic acids is 2. The highest BCUT2D eigenvalue weighted by atomic mass is 16.6. The number of rotatable bonds is 3. The number of esters is 2. The number of aliphatic hydroxyl groups is 1. The number of benzene rings is 1. The van der Waals surface area contributed by atoms with Crippen molar-refractivity contribution in [2.75, 3.05) is 6.61 Å². The van der Waals surface area contributed by atoms with E-state index < -0.39 is 24.5 Å². The van der Waals surface area contributed by atoms with E-state index in [0.717, 1.165) is 0 Å². The van der Waals surface area contributed by atoms with Gasteiger partial charge < -0.3 is 14.9 Å². The van der Waals surface area contributed by atoms with E-state index in [1.807, 2.05) is 0 Å². The fourth-order valence-corrected chi connectivity index (χ4v) is 1.04. The molecule has 2 N–H and O–H groups in total. The maximum absolute atomic E-state index is 11.3. The van der Waals surface area contributed by atoms with Gasteiger partial charge in [-0.1, -0.05) is 12.1 Å². The molecule has 0 amide bonds. The summed E-state index contributed by atoms with van der Waals surface area (Å²) in [5.74, 6) is -3.54. The summed E-state index contributed by atoms with van der Waals surface area (Å²) < 4.78 is 4.19. The molecule has 0 radical (unpaired) electrons. The van der Waals surface area contributed by atoms with Crippen molar-refractivity contribution >= 4 is 17.9 Å². The van der Waals surface area contributed by atoms with Crippen LogP contribution in [-0.2, 0) is 9.53 Å². The zero-order valence-electron chi connectivity index (χ0n) is 8.04. The Bertz CT molecular complexity index is 437. The standard InChI is InChI=1S/C10H8O6/c11-5-8(12)16-10(15)7-4-2-1-3-6(7)9(13)14/h1-4,11H,5H2,(H,13,14). The quantitative estimate of drug-likeness (QED) is 0.556. The van der Waals surface area contributed by atoms with Gasteiger partial charge in [-0.3, -0.25) is 0 Å². The van der Waals surface area contributed by atoms with E-state index in [0.29, 0.717) is 0 Å². The lowest BCUT2D eigenvalue weighted by Crippen LogP contribution is -2.18. The summed E-state index contributed by atoms with van der Waals surface area (Å²) in [5, 5.41) is 17.1. The molecule has 1 aromatic carbocycles. The average Bonchev–Trinajstić information content (AvgIpc) is 2.28. The Kier molecular flexibility index (Phi) is 3.73. The summed E-state index contributed by atoms with van der Waals surface area (Å²) in [6.45, 7) is -0.943. The Hall–Kier alpha value is -2.21. The molecule has 0 atom stereocenters. The molecule has 84 valence electrons. The van der Waals surface area contributed by atoms with Gasteiger partial charge in [0.1, 0.15) is 6.61 Å². The van der Waals surface area contributed by atoms with E-state index in [-0.39, 0.29) is 11.1 Å². The van der Waals surface area contributed by atoms with Crippen LogP contribution in [-0.4, -0.2) is 34.7 Å². The van der Waals surface area contributed by atoms with Gasteiger partial charge in [-0.05, 0) is 12.1 Å². The number of aromatic carboxylic acids is 1. The lowest BCUT2D eigenvalue weighted by molar-refractivity contribution is -0.141. The van der Waals surface area contributed by atoms with Gasteiger partial charge in [0, 0.05) is 0 Å². The molecule has 0 aliphatic heterocycles. The van der Waals surface area contributed by atoms with Crippen molar-refractivity contribution in [2.24, 2.45) is 0 Å². The first-order valence-corrected chi connectivity index (χ1v) is 4.24. The van der Waals surface area contributed by atoms with Crippen LogP contribution in [0.15, 0.2) is 24.3 Å². The van der Waals surface area contributed by atoms with Crippen LogP contribution < -0.4 is 0 Å². The molecule has 0 saturated carbocycles. The first-order chi connectivity index (χ1) is 7.56. The fourth-order valence-electron chi connectivity index (χ4n) is 1.04. The summed E-state index contributed by atoms with van der Waals surface area (Å²) in [6.07, 6.45) is 0. The zero-order chi connectivity index (χ0) is 12.1. The van der Waals surface area contributed by atoms with E-state index >= 15 is 0 Å². The van der Waals surface area contributed by atoms with Crippen molar-refractivity contribution in [3.63, 3.8) is 0 Å². The zero-order valence-corrected chi connectivity index (χ0v) is 8.04. The number of ether oxygens (including phenoxy) is 1. The highest BCUT2D eigenvalue weighted by molar-refractivity contribution is 6.05. The van der Waals surface area contributed by atoms with Gasteiger partial charge in [0.05, 0.1) is 11.1 Å². The second-order valence-electron chi connectivity index (χ2n) is 2.77. The largest absolute Gasteiger partial charge is 0.478 e. The molecule has 0 unspecified atom stereocenters. The number of carbonyl (C=O) groups is 3. The minimum atomic E-state index is -1.30. The number of aliphatic hydroxyl groups excluding tert-OH is 1. The predicted molar refractivity (Wildman–Crippen MR) is 50.9 cm³/mol. The highest BCUT2D eigenvalue weighted by Gasteiger charge is 2.19. The van der Waals surface area contributed by atoms with Crippen molar-refractivity contribution < 1.29 is 29.3 Å². The summed E-state index contributed by atoms with van der Waals surface area (Å²) in [4.78, 5) is 32.7. The Morgan fingerprint density at radius 3 is 2.19 bits per heavy atom. The highest BCUT2D eigenvalue weighted by Crippen LogP contribution is 2.10. The molecule has 1 rings (SSSR count). The summed E-state index contributed by atoms with van der Waals surface area (Å²) >= 11 is 0. The number of carboxylic acids is 1.